The molecule has 1 aromatic carbocycles. The fourth-order valence-electron chi connectivity index (χ4n) is 1.05. The van der Waals surface area contributed by atoms with E-state index in [0.29, 0.717) is 10.0 Å². The molecule has 0 amide bonds. The third-order valence-corrected chi connectivity index (χ3v) is 2.00. The molecule has 0 unspecified atom stereocenters. The minimum atomic E-state index is 0.492. The Balaban J connectivity index is 2.70. The summed E-state index contributed by atoms with van der Waals surface area (Å²) < 4.78 is 0.492. The van der Waals surface area contributed by atoms with Gasteiger partial charge in [-0.15, -0.1) is 12.6 Å². The van der Waals surface area contributed by atoms with Crippen LogP contribution < -0.4 is 0 Å². The van der Waals surface area contributed by atoms with Crippen molar-refractivity contribution in [1.29, 1.82) is 0 Å². The molecule has 0 radical (unpaired) electrons. The average Bonchev–Trinajstić information content (AvgIpc) is 2.46. The second-order valence-electron chi connectivity index (χ2n) is 2.41. The first kappa shape index (κ1) is 7.76. The Labute approximate surface area is 80.4 Å². The Kier molecular flexibility index (Phi) is 1.86. The minimum absolute atomic E-state index is 0.492. The maximum Gasteiger partial charge on any atom is 0.155 e. The second-order valence-corrected chi connectivity index (χ2v) is 3.57. The lowest BCUT2D eigenvalue weighted by atomic mass is 10.3. The van der Waals surface area contributed by atoms with Crippen LogP contribution in [0.4, 0.5) is 0 Å². The number of imidazole rings is 1. The molecule has 0 aliphatic carbocycles. The zero-order chi connectivity index (χ0) is 8.55. The number of aromatic nitrogens is 2. The fourth-order valence-corrected chi connectivity index (χ4v) is 1.26. The van der Waals surface area contributed by atoms with Crippen molar-refractivity contribution in [3.05, 3.63) is 30.1 Å². The lowest BCUT2D eigenvalue weighted by Gasteiger charge is -1.84. The topological polar surface area (TPSA) is 28.7 Å². The van der Waals surface area contributed by atoms with E-state index in [1.165, 1.54) is 0 Å². The Bertz CT molecular complexity index is 400. The summed E-state index contributed by atoms with van der Waals surface area (Å²) in [5.74, 6) is 0.662. The number of hydrogen-bond acceptors (Lipinski definition) is 2. The first-order valence-corrected chi connectivity index (χ1v) is 4.31. The van der Waals surface area contributed by atoms with Gasteiger partial charge in [-0.05, 0) is 12.1 Å². The summed E-state index contributed by atoms with van der Waals surface area (Å²) >= 11 is 8.91. The van der Waals surface area contributed by atoms with Crippen LogP contribution in [0.15, 0.2) is 24.3 Å². The van der Waals surface area contributed by atoms with E-state index in [0.717, 1.165) is 11.0 Å². The number of hydrogen-bond donors (Lipinski definition) is 2. The molecule has 2 rings (SSSR count). The highest BCUT2D eigenvalue weighted by atomic mass is 32.1. The van der Waals surface area contributed by atoms with E-state index >= 15 is 0 Å². The number of para-hydroxylation sites is 2. The molecule has 12 heavy (non-hydrogen) atoms. The molecule has 0 bridgehead atoms. The maximum atomic E-state index is 4.87. The lowest BCUT2D eigenvalue weighted by molar-refractivity contribution is 1.31. The highest BCUT2D eigenvalue weighted by Gasteiger charge is 2.02. The number of aromatic amines is 1. The molecule has 0 saturated carbocycles. The molecule has 1 heterocycles. The number of H-pyrrole nitrogens is 1. The molecule has 0 saturated heterocycles. The van der Waals surface area contributed by atoms with Gasteiger partial charge in [0.15, 0.2) is 5.82 Å². The van der Waals surface area contributed by atoms with E-state index in [1.54, 1.807) is 0 Å². The molecule has 4 heteroatoms. The number of nitrogens with one attached hydrogen (secondary N) is 1. The van der Waals surface area contributed by atoms with Gasteiger partial charge in [0.25, 0.3) is 0 Å². The number of nitrogens with zero attached hydrogens (tertiary/aromatic N) is 1. The molecular formula is C8H6N2S2. The normalized spacial score (nSPS) is 10.4. The summed E-state index contributed by atoms with van der Waals surface area (Å²) in [6.45, 7) is 0. The zero-order valence-electron chi connectivity index (χ0n) is 6.11. The predicted octanol–water partition coefficient (Wildman–Crippen LogP) is 2.17. The first-order chi connectivity index (χ1) is 5.77. The van der Waals surface area contributed by atoms with Crippen molar-refractivity contribution in [2.45, 2.75) is 0 Å². The van der Waals surface area contributed by atoms with E-state index in [9.17, 15) is 0 Å². The Morgan fingerprint density at radius 2 is 2.17 bits per heavy atom. The maximum absolute atomic E-state index is 4.87. The molecular weight excluding hydrogens is 188 g/mol. The van der Waals surface area contributed by atoms with Gasteiger partial charge in [0.05, 0.1) is 11.0 Å². The quantitative estimate of drug-likeness (QED) is 0.538. The van der Waals surface area contributed by atoms with Gasteiger partial charge in [0.1, 0.15) is 4.20 Å². The summed E-state index contributed by atoms with van der Waals surface area (Å²) in [5.41, 5.74) is 1.91. The minimum Gasteiger partial charge on any atom is -0.337 e. The van der Waals surface area contributed by atoms with Crippen LogP contribution in [-0.4, -0.2) is 14.2 Å². The molecule has 2 nitrogen and oxygen atoms in total. The van der Waals surface area contributed by atoms with Crippen LogP contribution in [0.5, 0.6) is 0 Å². The van der Waals surface area contributed by atoms with Gasteiger partial charge in [-0.2, -0.15) is 0 Å². The van der Waals surface area contributed by atoms with Gasteiger partial charge in [-0.1, -0.05) is 24.4 Å². The first-order valence-electron chi connectivity index (χ1n) is 3.45. The van der Waals surface area contributed by atoms with E-state index in [4.69, 9.17) is 12.2 Å². The van der Waals surface area contributed by atoms with Crippen molar-refractivity contribution in [3.63, 3.8) is 0 Å². The van der Waals surface area contributed by atoms with E-state index < -0.39 is 0 Å². The summed E-state index contributed by atoms with van der Waals surface area (Å²) in [6, 6.07) is 7.78. The lowest BCUT2D eigenvalue weighted by Crippen LogP contribution is -1.88. The SMILES string of the molecule is S=C(S)c1nc2ccccc2[nH]1. The molecule has 0 aliphatic heterocycles. The summed E-state index contributed by atoms with van der Waals surface area (Å²) in [7, 11) is 0. The van der Waals surface area contributed by atoms with E-state index in [-0.39, 0.29) is 0 Å². The average molecular weight is 194 g/mol. The van der Waals surface area contributed by atoms with Crippen molar-refractivity contribution in [2.24, 2.45) is 0 Å². The highest BCUT2D eigenvalue weighted by molar-refractivity contribution is 8.11. The Hall–Kier alpha value is -0.870. The molecule has 2 aromatic rings. The zero-order valence-corrected chi connectivity index (χ0v) is 7.82. The van der Waals surface area contributed by atoms with Gasteiger partial charge >= 0.3 is 0 Å². The van der Waals surface area contributed by atoms with Crippen molar-refractivity contribution in [3.8, 4) is 0 Å². The number of benzene rings is 1. The molecule has 0 spiro atoms. The van der Waals surface area contributed by atoms with Crippen molar-refractivity contribution >= 4 is 40.1 Å². The standard InChI is InChI=1S/C8H6N2S2/c11-8(12)7-9-5-3-1-2-4-6(5)10-7/h1-4H,(H,9,10)(H,11,12). The smallest absolute Gasteiger partial charge is 0.155 e. The van der Waals surface area contributed by atoms with Crippen LogP contribution in [0.2, 0.25) is 0 Å². The van der Waals surface area contributed by atoms with Gasteiger partial charge in [0, 0.05) is 0 Å². The molecule has 0 fully saturated rings. The third-order valence-electron chi connectivity index (χ3n) is 1.59. The summed E-state index contributed by atoms with van der Waals surface area (Å²) in [6.07, 6.45) is 0. The number of thiocarbonyl (C=S) groups is 1. The highest BCUT2D eigenvalue weighted by Crippen LogP contribution is 2.11. The van der Waals surface area contributed by atoms with Crippen LogP contribution in [0.3, 0.4) is 0 Å². The number of fused-ring (bicyclic) bond motifs is 1. The van der Waals surface area contributed by atoms with Crippen LogP contribution in [0.1, 0.15) is 5.82 Å². The van der Waals surface area contributed by atoms with Gasteiger partial charge in [-0.3, -0.25) is 0 Å². The Morgan fingerprint density at radius 3 is 2.83 bits per heavy atom. The molecule has 0 atom stereocenters. The number of rotatable bonds is 1. The summed E-state index contributed by atoms with van der Waals surface area (Å²) in [5, 5.41) is 0. The summed E-state index contributed by atoms with van der Waals surface area (Å²) in [4.78, 5) is 7.31. The van der Waals surface area contributed by atoms with Crippen molar-refractivity contribution in [2.75, 3.05) is 0 Å². The Morgan fingerprint density at radius 1 is 1.42 bits per heavy atom. The van der Waals surface area contributed by atoms with E-state index in [2.05, 4.69) is 22.6 Å². The van der Waals surface area contributed by atoms with Crippen molar-refractivity contribution in [1.82, 2.24) is 9.97 Å². The van der Waals surface area contributed by atoms with E-state index in [1.807, 2.05) is 24.3 Å². The fraction of sp³-hybridized carbons (Fsp3) is 0. The molecule has 60 valence electrons. The predicted molar refractivity (Wildman–Crippen MR) is 56.8 cm³/mol. The van der Waals surface area contributed by atoms with Gasteiger partial charge < -0.3 is 4.98 Å². The third kappa shape index (κ3) is 1.23. The molecule has 1 aromatic heterocycles. The van der Waals surface area contributed by atoms with Crippen LogP contribution >= 0.6 is 24.8 Å². The van der Waals surface area contributed by atoms with Crippen LogP contribution in [0, 0.1) is 0 Å². The number of thiol groups is 1. The molecule has 0 aliphatic rings. The molecule has 1 N–H and O–H groups in total. The van der Waals surface area contributed by atoms with Crippen molar-refractivity contribution < 1.29 is 0 Å². The monoisotopic (exact) mass is 194 g/mol. The van der Waals surface area contributed by atoms with Gasteiger partial charge in [-0.25, -0.2) is 4.98 Å². The van der Waals surface area contributed by atoms with Crippen LogP contribution in [-0.2, 0) is 0 Å². The second kappa shape index (κ2) is 2.88. The van der Waals surface area contributed by atoms with Gasteiger partial charge in [0.2, 0.25) is 0 Å². The van der Waals surface area contributed by atoms with Crippen LogP contribution in [0.25, 0.3) is 11.0 Å². The largest absolute Gasteiger partial charge is 0.337 e.